The Kier molecular flexibility index (Phi) is 4.63. The molecule has 1 saturated heterocycles. The zero-order valence-electron chi connectivity index (χ0n) is 16.6. The number of anilines is 1. The summed E-state index contributed by atoms with van der Waals surface area (Å²) in [6.45, 7) is 5.89. The van der Waals surface area contributed by atoms with E-state index in [1.54, 1.807) is 12.1 Å². The van der Waals surface area contributed by atoms with Crippen LogP contribution in [0.25, 0.3) is 0 Å². The molecule has 5 rings (SSSR count). The zero-order valence-corrected chi connectivity index (χ0v) is 17.4. The molecule has 0 aromatic heterocycles. The molecule has 7 nitrogen and oxygen atoms in total. The van der Waals surface area contributed by atoms with Gasteiger partial charge in [-0.05, 0) is 48.2 Å². The van der Waals surface area contributed by atoms with Gasteiger partial charge in [-0.15, -0.1) is 0 Å². The number of aryl methyl sites for hydroxylation is 1. The highest BCUT2D eigenvalue weighted by Crippen LogP contribution is 2.39. The molecule has 8 heteroatoms. The average Bonchev–Trinajstić information content (AvgIpc) is 3.39. The van der Waals surface area contributed by atoms with Crippen LogP contribution in [0, 0.1) is 0 Å². The minimum Gasteiger partial charge on any atom is -0.512 e. The van der Waals surface area contributed by atoms with E-state index < -0.39 is 10.0 Å². The number of nitrogens with zero attached hydrogens (tertiary/aromatic N) is 2. The first kappa shape index (κ1) is 19.3. The fourth-order valence-electron chi connectivity index (χ4n) is 4.50. The largest absolute Gasteiger partial charge is 0.512 e. The van der Waals surface area contributed by atoms with Crippen molar-refractivity contribution in [1.29, 1.82) is 0 Å². The minimum absolute atomic E-state index is 0.0978. The van der Waals surface area contributed by atoms with Crippen LogP contribution in [0.2, 0.25) is 0 Å². The summed E-state index contributed by atoms with van der Waals surface area (Å²) in [4.78, 5) is 2.44. The molecule has 30 heavy (non-hydrogen) atoms. The fraction of sp³-hybridized carbons (Fsp3) is 0.364. The van der Waals surface area contributed by atoms with Crippen molar-refractivity contribution in [2.24, 2.45) is 0 Å². The van der Waals surface area contributed by atoms with Crippen LogP contribution in [0.15, 0.2) is 53.6 Å². The highest BCUT2D eigenvalue weighted by Gasteiger charge is 2.32. The maximum Gasteiger partial charge on any atom is 0.243 e. The van der Waals surface area contributed by atoms with Gasteiger partial charge < -0.3 is 19.5 Å². The van der Waals surface area contributed by atoms with Gasteiger partial charge in [0.1, 0.15) is 0 Å². The van der Waals surface area contributed by atoms with Gasteiger partial charge in [0.25, 0.3) is 0 Å². The number of aliphatic hydroxyl groups is 1. The van der Waals surface area contributed by atoms with E-state index in [0.717, 1.165) is 41.2 Å². The van der Waals surface area contributed by atoms with Crippen LogP contribution in [0.1, 0.15) is 23.5 Å². The Morgan fingerprint density at radius 2 is 1.80 bits per heavy atom. The number of rotatable bonds is 4. The molecule has 0 radical (unpaired) electrons. The Bertz CT molecular complexity index is 1110. The van der Waals surface area contributed by atoms with E-state index in [1.165, 1.54) is 4.31 Å². The summed E-state index contributed by atoms with van der Waals surface area (Å²) in [5, 5.41) is 9.86. The maximum absolute atomic E-state index is 13.2. The van der Waals surface area contributed by atoms with Crippen LogP contribution < -0.4 is 14.4 Å². The van der Waals surface area contributed by atoms with Crippen molar-refractivity contribution < 1.29 is 23.0 Å². The summed E-state index contributed by atoms with van der Waals surface area (Å²) in [6, 6.07) is 11.1. The molecule has 1 atom stereocenters. The van der Waals surface area contributed by atoms with Gasteiger partial charge in [-0.3, -0.25) is 0 Å². The summed E-state index contributed by atoms with van der Waals surface area (Å²) in [7, 11) is -3.60. The van der Waals surface area contributed by atoms with E-state index in [1.807, 2.05) is 24.3 Å². The molecule has 1 unspecified atom stereocenters. The van der Waals surface area contributed by atoms with E-state index in [4.69, 9.17) is 9.47 Å². The number of benzene rings is 2. The van der Waals surface area contributed by atoms with Gasteiger partial charge in [0, 0.05) is 43.9 Å². The topological polar surface area (TPSA) is 79.3 Å². The van der Waals surface area contributed by atoms with Gasteiger partial charge >= 0.3 is 0 Å². The Labute approximate surface area is 176 Å². The lowest BCUT2D eigenvalue weighted by Crippen LogP contribution is -2.48. The van der Waals surface area contributed by atoms with E-state index in [0.29, 0.717) is 26.2 Å². The smallest absolute Gasteiger partial charge is 0.243 e. The zero-order chi connectivity index (χ0) is 20.9. The molecule has 2 aliphatic heterocycles. The van der Waals surface area contributed by atoms with Crippen molar-refractivity contribution >= 4 is 15.7 Å². The second-order valence-electron chi connectivity index (χ2n) is 7.87. The van der Waals surface area contributed by atoms with E-state index in [9.17, 15) is 13.5 Å². The van der Waals surface area contributed by atoms with Crippen LogP contribution in [0.4, 0.5) is 5.69 Å². The molecule has 1 aliphatic carbocycles. The molecule has 2 aromatic carbocycles. The van der Waals surface area contributed by atoms with Gasteiger partial charge in [-0.1, -0.05) is 12.6 Å². The van der Waals surface area contributed by atoms with Crippen molar-refractivity contribution in [3.05, 3.63) is 59.9 Å². The number of fused-ring (bicyclic) bond motifs is 2. The van der Waals surface area contributed by atoms with Crippen LogP contribution >= 0.6 is 0 Å². The molecule has 0 saturated carbocycles. The molecule has 1 fully saturated rings. The van der Waals surface area contributed by atoms with Crippen LogP contribution in [-0.4, -0.2) is 50.8 Å². The van der Waals surface area contributed by atoms with E-state index in [-0.39, 0.29) is 23.4 Å². The number of allylic oxidation sites excluding steroid dienone is 1. The van der Waals surface area contributed by atoms with Crippen LogP contribution in [-0.2, 0) is 16.4 Å². The number of aliphatic hydroxyl groups excluding tert-OH is 1. The van der Waals surface area contributed by atoms with Crippen molar-refractivity contribution in [2.45, 2.75) is 23.7 Å². The van der Waals surface area contributed by atoms with Gasteiger partial charge in [-0.2, -0.15) is 4.31 Å². The van der Waals surface area contributed by atoms with Gasteiger partial charge in [0.15, 0.2) is 11.5 Å². The van der Waals surface area contributed by atoms with Crippen molar-refractivity contribution in [2.75, 3.05) is 37.9 Å². The lowest BCUT2D eigenvalue weighted by atomic mass is 10.0. The third-order valence-electron chi connectivity index (χ3n) is 6.20. The second-order valence-corrected chi connectivity index (χ2v) is 9.81. The number of ether oxygens (including phenoxy) is 2. The third-order valence-corrected chi connectivity index (χ3v) is 8.09. The van der Waals surface area contributed by atoms with Crippen molar-refractivity contribution in [3.63, 3.8) is 0 Å². The Balaban J connectivity index is 1.32. The minimum atomic E-state index is -3.60. The van der Waals surface area contributed by atoms with Crippen LogP contribution in [0.5, 0.6) is 11.5 Å². The van der Waals surface area contributed by atoms with Crippen molar-refractivity contribution in [3.8, 4) is 11.5 Å². The third kappa shape index (κ3) is 3.20. The number of hydrogen-bond donors (Lipinski definition) is 1. The molecule has 2 heterocycles. The van der Waals surface area contributed by atoms with E-state index in [2.05, 4.69) is 11.5 Å². The molecule has 0 amide bonds. The molecular weight excluding hydrogens is 404 g/mol. The van der Waals surface area contributed by atoms with Crippen molar-refractivity contribution in [1.82, 2.24) is 4.31 Å². The standard InChI is InChI=1S/C22H24N2O5S/c1-15(25)19-6-3-16-2-5-18(13-20(16)19)30(26,27)24-10-8-23(9-11-24)17-4-7-21-22(12-17)29-14-28-21/h2,4-5,7,12-13,19,25H,1,3,6,8-11,14H2. The van der Waals surface area contributed by atoms with Gasteiger partial charge in [-0.25, -0.2) is 8.42 Å². The number of hydrogen-bond acceptors (Lipinski definition) is 6. The molecule has 158 valence electrons. The Morgan fingerprint density at radius 1 is 1.03 bits per heavy atom. The molecular formula is C22H24N2O5S. The highest BCUT2D eigenvalue weighted by molar-refractivity contribution is 7.89. The summed E-state index contributed by atoms with van der Waals surface area (Å²) >= 11 is 0. The lowest BCUT2D eigenvalue weighted by molar-refractivity contribution is 0.174. The highest BCUT2D eigenvalue weighted by atomic mass is 32.2. The normalized spacial score (nSPS) is 20.9. The molecule has 1 N–H and O–H groups in total. The predicted molar refractivity (Wildman–Crippen MR) is 113 cm³/mol. The van der Waals surface area contributed by atoms with E-state index >= 15 is 0 Å². The SMILES string of the molecule is C=C(O)C1CCc2ccc(S(=O)(=O)N3CCN(c4ccc5c(c4)OCO5)CC3)cc21. The molecule has 2 aromatic rings. The number of piperazine rings is 1. The monoisotopic (exact) mass is 428 g/mol. The van der Waals surface area contributed by atoms with Gasteiger partial charge in [0.2, 0.25) is 16.8 Å². The predicted octanol–water partition coefficient (Wildman–Crippen LogP) is 3.03. The quantitative estimate of drug-likeness (QED) is 0.754. The van der Waals surface area contributed by atoms with Gasteiger partial charge in [0.05, 0.1) is 10.7 Å². The molecule has 3 aliphatic rings. The average molecular weight is 429 g/mol. The first-order chi connectivity index (χ1) is 14.4. The summed E-state index contributed by atoms with van der Waals surface area (Å²) in [5.41, 5.74) is 2.96. The Morgan fingerprint density at radius 3 is 2.57 bits per heavy atom. The Hall–Kier alpha value is -2.71. The van der Waals surface area contributed by atoms with Crippen LogP contribution in [0.3, 0.4) is 0 Å². The molecule has 0 bridgehead atoms. The lowest BCUT2D eigenvalue weighted by Gasteiger charge is -2.35. The summed E-state index contributed by atoms with van der Waals surface area (Å²) in [6.07, 6.45) is 1.59. The summed E-state index contributed by atoms with van der Waals surface area (Å²) in [5.74, 6) is 1.37. The first-order valence-electron chi connectivity index (χ1n) is 10.1. The fourth-order valence-corrected chi connectivity index (χ4v) is 5.96. The summed E-state index contributed by atoms with van der Waals surface area (Å²) < 4.78 is 38.8. The maximum atomic E-state index is 13.2. The number of sulfonamides is 1. The second kappa shape index (κ2) is 7.21. The molecule has 0 spiro atoms. The first-order valence-corrected chi connectivity index (χ1v) is 11.5.